The van der Waals surface area contributed by atoms with E-state index in [4.69, 9.17) is 21.7 Å². The number of nitrogens with zero attached hydrogens (tertiary/aromatic N) is 1. The number of benzene rings is 1. The Morgan fingerprint density at radius 1 is 1.33 bits per heavy atom. The highest BCUT2D eigenvalue weighted by Crippen LogP contribution is 2.33. The Morgan fingerprint density at radius 3 is 2.61 bits per heavy atom. The van der Waals surface area contributed by atoms with Crippen molar-refractivity contribution in [2.45, 2.75) is 0 Å². The zero-order chi connectivity index (χ0) is 13.1. The monoisotopic (exact) mass is 393 g/mol. The SMILES string of the molecule is COc1c(Br)cc(Br)cc1C(=S)N1CCOCC1. The molecular weight excluding hydrogens is 382 g/mol. The minimum atomic E-state index is 0.720. The molecule has 3 nitrogen and oxygen atoms in total. The van der Waals surface area contributed by atoms with E-state index < -0.39 is 0 Å². The Kier molecular flexibility index (Phi) is 5.00. The predicted molar refractivity (Wildman–Crippen MR) is 82.5 cm³/mol. The van der Waals surface area contributed by atoms with Crippen molar-refractivity contribution in [3.63, 3.8) is 0 Å². The smallest absolute Gasteiger partial charge is 0.143 e. The van der Waals surface area contributed by atoms with Gasteiger partial charge in [-0.1, -0.05) is 28.1 Å². The summed E-state index contributed by atoms with van der Waals surface area (Å²) in [6.07, 6.45) is 0. The molecule has 1 aromatic rings. The van der Waals surface area contributed by atoms with Crippen molar-refractivity contribution in [2.75, 3.05) is 33.4 Å². The number of hydrogen-bond donors (Lipinski definition) is 0. The topological polar surface area (TPSA) is 21.7 Å². The number of ether oxygens (including phenoxy) is 2. The van der Waals surface area contributed by atoms with Gasteiger partial charge in [0.2, 0.25) is 0 Å². The molecule has 98 valence electrons. The number of morpholine rings is 1. The zero-order valence-corrected chi connectivity index (χ0v) is 13.9. The fourth-order valence-corrected chi connectivity index (χ4v) is 3.58. The number of halogens is 2. The van der Waals surface area contributed by atoms with E-state index >= 15 is 0 Å². The van der Waals surface area contributed by atoms with Gasteiger partial charge in [-0.15, -0.1) is 0 Å². The molecule has 0 saturated carbocycles. The molecule has 18 heavy (non-hydrogen) atoms. The van der Waals surface area contributed by atoms with E-state index in [2.05, 4.69) is 36.8 Å². The summed E-state index contributed by atoms with van der Waals surface area (Å²) in [7, 11) is 1.65. The largest absolute Gasteiger partial charge is 0.495 e. The zero-order valence-electron chi connectivity index (χ0n) is 9.91. The number of rotatable bonds is 2. The molecule has 1 heterocycles. The van der Waals surface area contributed by atoms with E-state index in [9.17, 15) is 0 Å². The van der Waals surface area contributed by atoms with Gasteiger partial charge >= 0.3 is 0 Å². The summed E-state index contributed by atoms with van der Waals surface area (Å²) in [5.41, 5.74) is 0.927. The highest BCUT2D eigenvalue weighted by Gasteiger charge is 2.20. The van der Waals surface area contributed by atoms with Crippen LogP contribution in [0.4, 0.5) is 0 Å². The van der Waals surface area contributed by atoms with E-state index in [1.54, 1.807) is 7.11 Å². The Morgan fingerprint density at radius 2 is 2.00 bits per heavy atom. The van der Waals surface area contributed by atoms with Gasteiger partial charge in [0, 0.05) is 17.6 Å². The van der Waals surface area contributed by atoms with Crippen LogP contribution in [-0.2, 0) is 4.74 Å². The summed E-state index contributed by atoms with van der Waals surface area (Å²) in [5, 5.41) is 0. The Bertz CT molecular complexity index is 462. The van der Waals surface area contributed by atoms with Crippen molar-refractivity contribution in [3.8, 4) is 5.75 Å². The van der Waals surface area contributed by atoms with Crippen molar-refractivity contribution in [3.05, 3.63) is 26.6 Å². The fourth-order valence-electron chi connectivity index (χ4n) is 1.86. The molecule has 0 aromatic heterocycles. The Hall–Kier alpha value is -0.170. The lowest BCUT2D eigenvalue weighted by molar-refractivity contribution is 0.0692. The van der Waals surface area contributed by atoms with Gasteiger partial charge in [-0.2, -0.15) is 0 Å². The molecule has 0 bridgehead atoms. The van der Waals surface area contributed by atoms with E-state index in [0.717, 1.165) is 51.6 Å². The van der Waals surface area contributed by atoms with Crippen LogP contribution in [0.1, 0.15) is 5.56 Å². The van der Waals surface area contributed by atoms with Crippen LogP contribution in [0.15, 0.2) is 21.1 Å². The average molecular weight is 395 g/mol. The summed E-state index contributed by atoms with van der Waals surface area (Å²) in [5.74, 6) is 0.773. The van der Waals surface area contributed by atoms with Crippen LogP contribution in [-0.4, -0.2) is 43.3 Å². The molecule has 0 aliphatic carbocycles. The van der Waals surface area contributed by atoms with Gasteiger partial charge in [-0.25, -0.2) is 0 Å². The first-order chi connectivity index (χ1) is 8.63. The lowest BCUT2D eigenvalue weighted by Gasteiger charge is -2.30. The summed E-state index contributed by atoms with van der Waals surface area (Å²) in [6, 6.07) is 3.94. The van der Waals surface area contributed by atoms with Crippen molar-refractivity contribution in [1.82, 2.24) is 4.90 Å². The molecule has 1 aliphatic rings. The molecule has 0 N–H and O–H groups in total. The maximum atomic E-state index is 5.56. The predicted octanol–water partition coefficient (Wildman–Crippen LogP) is 3.23. The molecular formula is C12H13Br2NO2S. The maximum Gasteiger partial charge on any atom is 0.143 e. The van der Waals surface area contributed by atoms with Gasteiger partial charge in [-0.3, -0.25) is 0 Å². The molecule has 1 fully saturated rings. The lowest BCUT2D eigenvalue weighted by Crippen LogP contribution is -2.40. The lowest BCUT2D eigenvalue weighted by atomic mass is 10.2. The summed E-state index contributed by atoms with van der Waals surface area (Å²) in [4.78, 5) is 2.95. The van der Waals surface area contributed by atoms with Gasteiger partial charge in [0.15, 0.2) is 0 Å². The quantitative estimate of drug-likeness (QED) is 0.718. The average Bonchev–Trinajstić information content (AvgIpc) is 2.38. The molecule has 0 unspecified atom stereocenters. The summed E-state index contributed by atoms with van der Waals surface area (Å²) < 4.78 is 12.6. The maximum absolute atomic E-state index is 5.56. The van der Waals surface area contributed by atoms with Crippen molar-refractivity contribution in [1.29, 1.82) is 0 Å². The highest BCUT2D eigenvalue weighted by atomic mass is 79.9. The second kappa shape index (κ2) is 6.32. The minimum Gasteiger partial charge on any atom is -0.495 e. The number of thiocarbonyl (C=S) groups is 1. The van der Waals surface area contributed by atoms with Gasteiger partial charge < -0.3 is 14.4 Å². The third-order valence-corrected chi connectivity index (χ3v) is 4.27. The van der Waals surface area contributed by atoms with Crippen LogP contribution in [0.3, 0.4) is 0 Å². The van der Waals surface area contributed by atoms with Crippen molar-refractivity contribution < 1.29 is 9.47 Å². The molecule has 0 radical (unpaired) electrons. The first-order valence-corrected chi connectivity index (χ1v) is 7.53. The van der Waals surface area contributed by atoms with Crippen LogP contribution in [0.5, 0.6) is 5.75 Å². The van der Waals surface area contributed by atoms with Crippen LogP contribution in [0, 0.1) is 0 Å². The van der Waals surface area contributed by atoms with Crippen molar-refractivity contribution in [2.24, 2.45) is 0 Å². The molecule has 1 saturated heterocycles. The van der Waals surface area contributed by atoms with Gasteiger partial charge in [-0.05, 0) is 28.1 Å². The first kappa shape index (κ1) is 14.2. The summed E-state index contributed by atoms with van der Waals surface area (Å²) in [6.45, 7) is 3.09. The van der Waals surface area contributed by atoms with Gasteiger partial charge in [0.1, 0.15) is 10.7 Å². The third-order valence-electron chi connectivity index (χ3n) is 2.74. The van der Waals surface area contributed by atoms with E-state index in [1.807, 2.05) is 12.1 Å². The van der Waals surface area contributed by atoms with Crippen LogP contribution < -0.4 is 4.74 Å². The minimum absolute atomic E-state index is 0.720. The van der Waals surface area contributed by atoms with Gasteiger partial charge in [0.05, 0.1) is 30.4 Å². The molecule has 1 aliphatic heterocycles. The van der Waals surface area contributed by atoms with Crippen LogP contribution in [0.25, 0.3) is 0 Å². The molecule has 2 rings (SSSR count). The van der Waals surface area contributed by atoms with Gasteiger partial charge in [0.25, 0.3) is 0 Å². The van der Waals surface area contributed by atoms with Crippen LogP contribution >= 0.6 is 44.1 Å². The fraction of sp³-hybridized carbons (Fsp3) is 0.417. The molecule has 0 spiro atoms. The molecule has 0 atom stereocenters. The summed E-state index contributed by atoms with van der Waals surface area (Å²) >= 11 is 12.5. The van der Waals surface area contributed by atoms with E-state index in [0.29, 0.717) is 0 Å². The normalized spacial score (nSPS) is 15.6. The van der Waals surface area contributed by atoms with E-state index in [-0.39, 0.29) is 0 Å². The Labute approximate surface area is 129 Å². The first-order valence-electron chi connectivity index (χ1n) is 5.53. The number of hydrogen-bond acceptors (Lipinski definition) is 3. The second-order valence-corrected chi connectivity index (χ2v) is 6.03. The Balaban J connectivity index is 2.33. The van der Waals surface area contributed by atoms with Crippen molar-refractivity contribution >= 4 is 49.1 Å². The molecule has 6 heteroatoms. The third kappa shape index (κ3) is 3.04. The van der Waals surface area contributed by atoms with Crippen LogP contribution in [0.2, 0.25) is 0 Å². The van der Waals surface area contributed by atoms with E-state index in [1.165, 1.54) is 0 Å². The number of methoxy groups -OCH3 is 1. The highest BCUT2D eigenvalue weighted by molar-refractivity contribution is 9.11. The standard InChI is InChI=1S/C12H13Br2NO2S/c1-16-11-9(6-8(13)7-10(11)14)12(18)15-2-4-17-5-3-15/h6-7H,2-5H2,1H3. The molecule has 0 amide bonds. The second-order valence-electron chi connectivity index (χ2n) is 3.87. The molecule has 1 aromatic carbocycles.